The molecule has 4 heteroatoms. The first-order chi connectivity index (χ1) is 10.2. The summed E-state index contributed by atoms with van der Waals surface area (Å²) in [5.41, 5.74) is 0.975. The summed E-state index contributed by atoms with van der Waals surface area (Å²) in [5.74, 6) is -0.858. The molecule has 1 heterocycles. The monoisotopic (exact) mass is 280 g/mol. The van der Waals surface area contributed by atoms with E-state index in [1.807, 2.05) is 36.4 Å². The van der Waals surface area contributed by atoms with Gasteiger partial charge in [0.15, 0.2) is 0 Å². The molecule has 0 saturated heterocycles. The molecule has 0 bridgehead atoms. The number of carboxylic acids is 1. The molecule has 3 rings (SSSR count). The van der Waals surface area contributed by atoms with Gasteiger partial charge in [0, 0.05) is 10.9 Å². The second-order valence-electron chi connectivity index (χ2n) is 4.67. The first-order valence-electron chi connectivity index (χ1n) is 6.49. The van der Waals surface area contributed by atoms with Gasteiger partial charge in [-0.2, -0.15) is 0 Å². The standard InChI is InChI=1S/C17H12O4/c18-15(19)10-14-16(11-6-2-1-3-7-11)12-8-4-5-9-13(12)17(20)21-14/h1-9H,10H2,(H,18,19). The van der Waals surface area contributed by atoms with E-state index in [1.165, 1.54) is 0 Å². The summed E-state index contributed by atoms with van der Waals surface area (Å²) in [5, 5.41) is 10.2. The molecule has 21 heavy (non-hydrogen) atoms. The van der Waals surface area contributed by atoms with E-state index < -0.39 is 11.6 Å². The fourth-order valence-corrected chi connectivity index (χ4v) is 2.43. The van der Waals surface area contributed by atoms with Crippen LogP contribution in [0.4, 0.5) is 0 Å². The van der Waals surface area contributed by atoms with E-state index in [9.17, 15) is 9.59 Å². The second kappa shape index (κ2) is 5.25. The lowest BCUT2D eigenvalue weighted by Gasteiger charge is -2.10. The summed E-state index contributed by atoms with van der Waals surface area (Å²) in [4.78, 5) is 23.0. The second-order valence-corrected chi connectivity index (χ2v) is 4.67. The van der Waals surface area contributed by atoms with Crippen LogP contribution in [-0.2, 0) is 11.2 Å². The van der Waals surface area contributed by atoms with Crippen molar-refractivity contribution in [1.29, 1.82) is 0 Å². The van der Waals surface area contributed by atoms with Crippen LogP contribution in [0.2, 0.25) is 0 Å². The smallest absolute Gasteiger partial charge is 0.343 e. The van der Waals surface area contributed by atoms with Gasteiger partial charge in [-0.05, 0) is 11.6 Å². The van der Waals surface area contributed by atoms with Crippen molar-refractivity contribution >= 4 is 16.7 Å². The van der Waals surface area contributed by atoms with Gasteiger partial charge in [0.05, 0.1) is 5.39 Å². The van der Waals surface area contributed by atoms with Gasteiger partial charge in [-0.3, -0.25) is 4.79 Å². The predicted molar refractivity (Wildman–Crippen MR) is 79.3 cm³/mol. The van der Waals surface area contributed by atoms with Gasteiger partial charge in [0.1, 0.15) is 12.2 Å². The summed E-state index contributed by atoms with van der Waals surface area (Å²) < 4.78 is 5.25. The number of carbonyl (C=O) groups is 1. The number of benzene rings is 2. The Morgan fingerprint density at radius 3 is 2.24 bits per heavy atom. The lowest BCUT2D eigenvalue weighted by molar-refractivity contribution is -0.136. The van der Waals surface area contributed by atoms with Crippen LogP contribution in [0.25, 0.3) is 21.9 Å². The van der Waals surface area contributed by atoms with E-state index in [1.54, 1.807) is 18.2 Å². The molecule has 2 aromatic carbocycles. The van der Waals surface area contributed by atoms with Crippen molar-refractivity contribution in [3.63, 3.8) is 0 Å². The highest BCUT2D eigenvalue weighted by atomic mass is 16.4. The van der Waals surface area contributed by atoms with Crippen LogP contribution in [0.1, 0.15) is 5.76 Å². The highest BCUT2D eigenvalue weighted by Crippen LogP contribution is 2.30. The molecular formula is C17H12O4. The van der Waals surface area contributed by atoms with Gasteiger partial charge in [0.25, 0.3) is 0 Å². The highest BCUT2D eigenvalue weighted by molar-refractivity contribution is 5.97. The van der Waals surface area contributed by atoms with Gasteiger partial charge in [-0.15, -0.1) is 0 Å². The molecule has 1 N–H and O–H groups in total. The Morgan fingerprint density at radius 1 is 0.952 bits per heavy atom. The van der Waals surface area contributed by atoms with Gasteiger partial charge < -0.3 is 9.52 Å². The Labute approximate surface area is 120 Å². The third kappa shape index (κ3) is 2.43. The zero-order chi connectivity index (χ0) is 14.8. The van der Waals surface area contributed by atoms with E-state index in [0.717, 1.165) is 5.56 Å². The van der Waals surface area contributed by atoms with Gasteiger partial charge in [-0.25, -0.2) is 4.79 Å². The molecule has 0 radical (unpaired) electrons. The Hall–Kier alpha value is -2.88. The van der Waals surface area contributed by atoms with Crippen LogP contribution in [0.15, 0.2) is 63.8 Å². The maximum Gasteiger partial charge on any atom is 0.343 e. The summed E-state index contributed by atoms with van der Waals surface area (Å²) in [6.45, 7) is 0. The molecule has 0 aliphatic heterocycles. The molecule has 1 aromatic heterocycles. The summed E-state index contributed by atoms with van der Waals surface area (Å²) in [6, 6.07) is 16.4. The Balaban J connectivity index is 2.40. The number of carboxylic acid groups (broad SMARTS) is 1. The van der Waals surface area contributed by atoms with Gasteiger partial charge in [0.2, 0.25) is 0 Å². The lowest BCUT2D eigenvalue weighted by Crippen LogP contribution is -2.09. The summed E-state index contributed by atoms with van der Waals surface area (Å²) in [6.07, 6.45) is -0.329. The molecule has 0 atom stereocenters. The van der Waals surface area contributed by atoms with Crippen molar-refractivity contribution in [1.82, 2.24) is 0 Å². The third-order valence-electron chi connectivity index (χ3n) is 3.29. The van der Waals surface area contributed by atoms with E-state index >= 15 is 0 Å². The number of rotatable bonds is 3. The molecule has 0 amide bonds. The Bertz CT molecular complexity index is 863. The molecule has 0 unspecified atom stereocenters. The van der Waals surface area contributed by atoms with E-state index in [4.69, 9.17) is 9.52 Å². The largest absolute Gasteiger partial charge is 0.481 e. The minimum atomic E-state index is -1.04. The molecule has 104 valence electrons. The Kier molecular flexibility index (Phi) is 3.28. The van der Waals surface area contributed by atoms with E-state index in [0.29, 0.717) is 16.3 Å². The molecule has 3 aromatic rings. The molecule has 4 nitrogen and oxygen atoms in total. The topological polar surface area (TPSA) is 67.5 Å². The van der Waals surface area contributed by atoms with E-state index in [-0.39, 0.29) is 12.2 Å². The van der Waals surface area contributed by atoms with Crippen molar-refractivity contribution in [2.24, 2.45) is 0 Å². The van der Waals surface area contributed by atoms with Crippen LogP contribution in [0.5, 0.6) is 0 Å². The quantitative estimate of drug-likeness (QED) is 0.800. The van der Waals surface area contributed by atoms with Gasteiger partial charge >= 0.3 is 11.6 Å². The maximum atomic E-state index is 12.0. The van der Waals surface area contributed by atoms with Crippen LogP contribution in [-0.4, -0.2) is 11.1 Å². The Morgan fingerprint density at radius 2 is 1.57 bits per heavy atom. The van der Waals surface area contributed by atoms with Crippen molar-refractivity contribution < 1.29 is 14.3 Å². The number of aliphatic carboxylic acids is 1. The average molecular weight is 280 g/mol. The highest BCUT2D eigenvalue weighted by Gasteiger charge is 2.17. The first kappa shape index (κ1) is 13.1. The molecular weight excluding hydrogens is 268 g/mol. The molecule has 0 fully saturated rings. The zero-order valence-electron chi connectivity index (χ0n) is 11.1. The zero-order valence-corrected chi connectivity index (χ0v) is 11.1. The first-order valence-corrected chi connectivity index (χ1v) is 6.49. The number of hydrogen-bond donors (Lipinski definition) is 1. The predicted octanol–water partition coefficient (Wildman–Crippen LogP) is 3.09. The number of fused-ring (bicyclic) bond motifs is 1. The fraction of sp³-hybridized carbons (Fsp3) is 0.0588. The third-order valence-corrected chi connectivity index (χ3v) is 3.29. The minimum absolute atomic E-state index is 0.178. The average Bonchev–Trinajstić information content (AvgIpc) is 2.48. The van der Waals surface area contributed by atoms with Crippen LogP contribution in [0, 0.1) is 0 Å². The number of hydrogen-bond acceptors (Lipinski definition) is 3. The van der Waals surface area contributed by atoms with Crippen LogP contribution >= 0.6 is 0 Å². The van der Waals surface area contributed by atoms with Crippen LogP contribution < -0.4 is 5.63 Å². The minimum Gasteiger partial charge on any atom is -0.481 e. The maximum absolute atomic E-state index is 12.0. The van der Waals surface area contributed by atoms with E-state index in [2.05, 4.69) is 0 Å². The SMILES string of the molecule is O=C(O)Cc1oc(=O)c2ccccc2c1-c1ccccc1. The lowest BCUT2D eigenvalue weighted by atomic mass is 9.97. The van der Waals surface area contributed by atoms with Crippen molar-refractivity contribution in [3.05, 3.63) is 70.8 Å². The molecule has 0 saturated carbocycles. The van der Waals surface area contributed by atoms with Crippen molar-refractivity contribution in [3.8, 4) is 11.1 Å². The molecule has 0 spiro atoms. The van der Waals surface area contributed by atoms with Crippen molar-refractivity contribution in [2.45, 2.75) is 6.42 Å². The molecule has 0 aliphatic carbocycles. The fourth-order valence-electron chi connectivity index (χ4n) is 2.43. The normalized spacial score (nSPS) is 10.7. The van der Waals surface area contributed by atoms with Crippen molar-refractivity contribution in [2.75, 3.05) is 0 Å². The summed E-state index contributed by atoms with van der Waals surface area (Å²) in [7, 11) is 0. The van der Waals surface area contributed by atoms with Crippen LogP contribution in [0.3, 0.4) is 0 Å². The summed E-state index contributed by atoms with van der Waals surface area (Å²) >= 11 is 0. The van der Waals surface area contributed by atoms with Gasteiger partial charge in [-0.1, -0.05) is 48.5 Å². The molecule has 0 aliphatic rings.